The molecule has 2 aromatic rings. The third kappa shape index (κ3) is 1.33. The highest BCUT2D eigenvalue weighted by atomic mass is 16.3. The number of hydrogen-bond acceptors (Lipinski definition) is 4. The molecule has 2 heterocycles. The zero-order valence-electron chi connectivity index (χ0n) is 7.77. The van der Waals surface area contributed by atoms with E-state index in [2.05, 4.69) is 16.0 Å². The quantitative estimate of drug-likeness (QED) is 0.723. The molecular weight excluding hydrogens is 178 g/mol. The Labute approximate surface area is 81.2 Å². The van der Waals surface area contributed by atoms with Crippen molar-refractivity contribution in [2.45, 2.75) is 19.3 Å². The van der Waals surface area contributed by atoms with Gasteiger partial charge in [0.2, 0.25) is 5.89 Å². The van der Waals surface area contributed by atoms with Crippen LogP contribution in [0.5, 0.6) is 0 Å². The molecule has 0 aromatic carbocycles. The van der Waals surface area contributed by atoms with Gasteiger partial charge in [0, 0.05) is 6.20 Å². The van der Waals surface area contributed by atoms with Gasteiger partial charge in [0.1, 0.15) is 5.92 Å². The van der Waals surface area contributed by atoms with E-state index in [9.17, 15) is 0 Å². The number of oxazole rings is 1. The van der Waals surface area contributed by atoms with Crippen molar-refractivity contribution in [1.82, 2.24) is 9.97 Å². The topological polar surface area (TPSA) is 62.7 Å². The first-order valence-electron chi connectivity index (χ1n) is 4.46. The average Bonchev–Trinajstić information content (AvgIpc) is 2.63. The van der Waals surface area contributed by atoms with Crippen LogP contribution in [0.25, 0.3) is 11.2 Å². The van der Waals surface area contributed by atoms with Gasteiger partial charge in [-0.3, -0.25) is 0 Å². The maximum absolute atomic E-state index is 8.83. The van der Waals surface area contributed by atoms with Gasteiger partial charge in [-0.05, 0) is 18.6 Å². The van der Waals surface area contributed by atoms with Gasteiger partial charge in [0.25, 0.3) is 0 Å². The van der Waals surface area contributed by atoms with Crippen LogP contribution >= 0.6 is 0 Å². The summed E-state index contributed by atoms with van der Waals surface area (Å²) in [6.45, 7) is 1.93. The molecule has 0 bridgehead atoms. The van der Waals surface area contributed by atoms with E-state index in [1.807, 2.05) is 6.92 Å². The lowest BCUT2D eigenvalue weighted by atomic mass is 10.1. The molecule has 14 heavy (non-hydrogen) atoms. The minimum atomic E-state index is -0.274. The Kier molecular flexibility index (Phi) is 2.15. The Morgan fingerprint density at radius 3 is 3.14 bits per heavy atom. The van der Waals surface area contributed by atoms with Crippen molar-refractivity contribution in [3.05, 3.63) is 24.2 Å². The molecule has 2 aromatic heterocycles. The molecule has 0 fully saturated rings. The zero-order chi connectivity index (χ0) is 9.97. The Balaban J connectivity index is 2.50. The molecule has 2 rings (SSSR count). The van der Waals surface area contributed by atoms with Gasteiger partial charge < -0.3 is 4.42 Å². The fraction of sp³-hybridized carbons (Fsp3) is 0.300. The van der Waals surface area contributed by atoms with Gasteiger partial charge in [-0.2, -0.15) is 10.2 Å². The molecule has 0 amide bonds. The highest BCUT2D eigenvalue weighted by Gasteiger charge is 2.15. The first kappa shape index (κ1) is 8.70. The number of hydrogen-bond donors (Lipinski definition) is 0. The van der Waals surface area contributed by atoms with Gasteiger partial charge >= 0.3 is 0 Å². The second-order valence-electron chi connectivity index (χ2n) is 2.97. The SMILES string of the molecule is CCC(C#N)c1nc2ncccc2o1. The number of pyridine rings is 1. The third-order valence-corrected chi connectivity index (χ3v) is 2.04. The molecule has 4 nitrogen and oxygen atoms in total. The molecule has 0 aliphatic carbocycles. The van der Waals surface area contributed by atoms with Gasteiger partial charge in [0.15, 0.2) is 11.2 Å². The summed E-state index contributed by atoms with van der Waals surface area (Å²) >= 11 is 0. The second-order valence-corrected chi connectivity index (χ2v) is 2.97. The summed E-state index contributed by atoms with van der Waals surface area (Å²) in [6.07, 6.45) is 2.35. The van der Waals surface area contributed by atoms with Crippen molar-refractivity contribution < 1.29 is 4.42 Å². The maximum Gasteiger partial charge on any atom is 0.214 e. The molecule has 0 saturated heterocycles. The van der Waals surface area contributed by atoms with Gasteiger partial charge in [-0.15, -0.1) is 0 Å². The van der Waals surface area contributed by atoms with Gasteiger partial charge in [-0.1, -0.05) is 6.92 Å². The number of rotatable bonds is 2. The van der Waals surface area contributed by atoms with E-state index in [4.69, 9.17) is 9.68 Å². The minimum Gasteiger partial charge on any atom is -0.437 e. The molecule has 0 aliphatic heterocycles. The minimum absolute atomic E-state index is 0.274. The van der Waals surface area contributed by atoms with E-state index in [1.54, 1.807) is 18.3 Å². The second kappa shape index (κ2) is 3.46. The monoisotopic (exact) mass is 187 g/mol. The Morgan fingerprint density at radius 1 is 1.64 bits per heavy atom. The van der Waals surface area contributed by atoms with Crippen LogP contribution in [0.15, 0.2) is 22.7 Å². The third-order valence-electron chi connectivity index (χ3n) is 2.04. The molecule has 0 aliphatic rings. The normalized spacial score (nSPS) is 12.6. The molecule has 0 saturated carbocycles. The van der Waals surface area contributed by atoms with Crippen LogP contribution in [-0.2, 0) is 0 Å². The summed E-state index contributed by atoms with van der Waals surface area (Å²) in [6, 6.07) is 5.72. The van der Waals surface area contributed by atoms with Crippen molar-refractivity contribution in [2.24, 2.45) is 0 Å². The van der Waals surface area contributed by atoms with Crippen molar-refractivity contribution in [1.29, 1.82) is 5.26 Å². The predicted octanol–water partition coefficient (Wildman–Crippen LogP) is 2.24. The number of fused-ring (bicyclic) bond motifs is 1. The van der Waals surface area contributed by atoms with E-state index in [0.717, 1.165) is 0 Å². The number of nitriles is 1. The fourth-order valence-corrected chi connectivity index (χ4v) is 1.26. The maximum atomic E-state index is 8.83. The largest absolute Gasteiger partial charge is 0.437 e. The van der Waals surface area contributed by atoms with Crippen LogP contribution in [0.3, 0.4) is 0 Å². The summed E-state index contributed by atoms with van der Waals surface area (Å²) in [4.78, 5) is 8.19. The van der Waals surface area contributed by atoms with Crippen molar-refractivity contribution >= 4 is 11.2 Å². The zero-order valence-corrected chi connectivity index (χ0v) is 7.77. The molecule has 1 unspecified atom stereocenters. The standard InChI is InChI=1S/C10H9N3O/c1-2-7(6-11)10-13-9-8(14-10)4-3-5-12-9/h3-5,7H,2H2,1H3. The van der Waals surface area contributed by atoms with Crippen molar-refractivity contribution in [2.75, 3.05) is 0 Å². The van der Waals surface area contributed by atoms with Crippen molar-refractivity contribution in [3.8, 4) is 6.07 Å². The average molecular weight is 187 g/mol. The highest BCUT2D eigenvalue weighted by molar-refractivity contribution is 5.67. The Morgan fingerprint density at radius 2 is 2.50 bits per heavy atom. The summed E-state index contributed by atoms with van der Waals surface area (Å²) in [5.74, 6) is 0.188. The molecule has 1 atom stereocenters. The van der Waals surface area contributed by atoms with E-state index in [-0.39, 0.29) is 5.92 Å². The summed E-state index contributed by atoms with van der Waals surface area (Å²) < 4.78 is 5.42. The van der Waals surface area contributed by atoms with Crippen LogP contribution in [0.4, 0.5) is 0 Å². The summed E-state index contributed by atoms with van der Waals surface area (Å²) in [5.41, 5.74) is 1.20. The van der Waals surface area contributed by atoms with E-state index in [0.29, 0.717) is 23.5 Å². The van der Waals surface area contributed by atoms with Crippen molar-refractivity contribution in [3.63, 3.8) is 0 Å². The van der Waals surface area contributed by atoms with Gasteiger partial charge in [0.05, 0.1) is 6.07 Å². The summed E-state index contributed by atoms with van der Waals surface area (Å²) in [7, 11) is 0. The first-order chi connectivity index (χ1) is 6.85. The van der Waals surface area contributed by atoms with E-state index in [1.165, 1.54) is 0 Å². The van der Waals surface area contributed by atoms with Crippen LogP contribution in [0.2, 0.25) is 0 Å². The van der Waals surface area contributed by atoms with Crippen LogP contribution in [0.1, 0.15) is 25.2 Å². The smallest absolute Gasteiger partial charge is 0.214 e. The lowest BCUT2D eigenvalue weighted by molar-refractivity contribution is 0.503. The van der Waals surface area contributed by atoms with E-state index >= 15 is 0 Å². The first-order valence-corrected chi connectivity index (χ1v) is 4.46. The van der Waals surface area contributed by atoms with Gasteiger partial charge in [-0.25, -0.2) is 4.98 Å². The molecule has 0 N–H and O–H groups in total. The van der Waals surface area contributed by atoms with E-state index < -0.39 is 0 Å². The molecule has 0 spiro atoms. The molecule has 0 radical (unpaired) electrons. The predicted molar refractivity (Wildman–Crippen MR) is 50.4 cm³/mol. The lowest BCUT2D eigenvalue weighted by Crippen LogP contribution is -1.92. The fourth-order valence-electron chi connectivity index (χ4n) is 1.26. The molecular formula is C10H9N3O. The molecule has 70 valence electrons. The Hall–Kier alpha value is -1.89. The Bertz CT molecular complexity index is 450. The lowest BCUT2D eigenvalue weighted by Gasteiger charge is -1.96. The van der Waals surface area contributed by atoms with Crippen LogP contribution in [0, 0.1) is 11.3 Å². The molecule has 4 heteroatoms. The summed E-state index contributed by atoms with van der Waals surface area (Å²) in [5, 5.41) is 8.83. The van der Waals surface area contributed by atoms with Crippen LogP contribution in [-0.4, -0.2) is 9.97 Å². The number of aromatic nitrogens is 2. The highest BCUT2D eigenvalue weighted by Crippen LogP contribution is 2.21. The number of nitrogens with zero attached hydrogens (tertiary/aromatic N) is 3. The van der Waals surface area contributed by atoms with Crippen LogP contribution < -0.4 is 0 Å².